The van der Waals surface area contributed by atoms with Gasteiger partial charge in [0.25, 0.3) is 5.56 Å². The minimum atomic E-state index is 0.00862. The van der Waals surface area contributed by atoms with E-state index in [1.165, 1.54) is 0 Å². The van der Waals surface area contributed by atoms with Crippen LogP contribution in [0, 0.1) is 6.92 Å². The Labute approximate surface area is 105 Å². The fourth-order valence-corrected chi connectivity index (χ4v) is 1.18. The van der Waals surface area contributed by atoms with Gasteiger partial charge in [-0.2, -0.15) is 0 Å². The van der Waals surface area contributed by atoms with E-state index in [1.807, 2.05) is 52.8 Å². The largest absolute Gasteiger partial charge is 0.312 e. The summed E-state index contributed by atoms with van der Waals surface area (Å²) in [5.74, 6) is 0. The second-order valence-corrected chi connectivity index (χ2v) is 2.89. The molecule has 0 spiro atoms. The van der Waals surface area contributed by atoms with Gasteiger partial charge < -0.3 is 4.57 Å². The molecule has 96 valence electrons. The van der Waals surface area contributed by atoms with Crippen molar-refractivity contribution in [3.05, 3.63) is 52.5 Å². The van der Waals surface area contributed by atoms with E-state index in [0.717, 1.165) is 11.3 Å². The van der Waals surface area contributed by atoms with Crippen molar-refractivity contribution in [1.29, 1.82) is 0 Å². The molecule has 0 aromatic carbocycles. The van der Waals surface area contributed by atoms with Crippen molar-refractivity contribution < 1.29 is 0 Å². The highest BCUT2D eigenvalue weighted by Gasteiger charge is 1.98. The van der Waals surface area contributed by atoms with Crippen molar-refractivity contribution in [2.75, 3.05) is 0 Å². The molecule has 0 aliphatic rings. The van der Waals surface area contributed by atoms with Crippen LogP contribution in [0.4, 0.5) is 0 Å². The first-order chi connectivity index (χ1) is 8.16. The van der Waals surface area contributed by atoms with Gasteiger partial charge >= 0.3 is 0 Å². The fraction of sp³-hybridized carbons (Fsp3) is 0.400. The second-order valence-electron chi connectivity index (χ2n) is 2.89. The highest BCUT2D eigenvalue weighted by molar-refractivity contribution is 5.50. The van der Waals surface area contributed by atoms with Crippen LogP contribution in [0.25, 0.3) is 6.08 Å². The van der Waals surface area contributed by atoms with Crippen LogP contribution in [0.2, 0.25) is 0 Å². The van der Waals surface area contributed by atoms with Crippen molar-refractivity contribution in [3.8, 4) is 0 Å². The topological polar surface area (TPSA) is 22.0 Å². The summed E-state index contributed by atoms with van der Waals surface area (Å²) in [6.45, 7) is 13.6. The van der Waals surface area contributed by atoms with Gasteiger partial charge in [-0.05, 0) is 18.6 Å². The molecule has 1 rings (SSSR count). The third kappa shape index (κ3) is 5.91. The van der Waals surface area contributed by atoms with Gasteiger partial charge in [0.2, 0.25) is 0 Å². The Morgan fingerprint density at radius 1 is 1.18 bits per heavy atom. The van der Waals surface area contributed by atoms with Crippen LogP contribution in [0.3, 0.4) is 0 Å². The molecule has 0 N–H and O–H groups in total. The molecule has 2 nitrogen and oxygen atoms in total. The van der Waals surface area contributed by atoms with Crippen LogP contribution in [0.15, 0.2) is 35.7 Å². The van der Waals surface area contributed by atoms with E-state index in [2.05, 4.69) is 6.58 Å². The Bertz CT molecular complexity index is 400. The second kappa shape index (κ2) is 10.9. The molecular weight excluding hydrogens is 210 g/mol. The normalized spacial score (nSPS) is 8.82. The smallest absolute Gasteiger partial charge is 0.250 e. The third-order valence-corrected chi connectivity index (χ3v) is 1.96. The molecule has 0 fully saturated rings. The van der Waals surface area contributed by atoms with Crippen LogP contribution in [0.5, 0.6) is 0 Å². The zero-order valence-corrected chi connectivity index (χ0v) is 11.9. The predicted molar refractivity (Wildman–Crippen MR) is 78.3 cm³/mol. The maximum atomic E-state index is 11.3. The molecule has 0 saturated heterocycles. The van der Waals surface area contributed by atoms with Gasteiger partial charge in [0.1, 0.15) is 0 Å². The summed E-state index contributed by atoms with van der Waals surface area (Å²) in [7, 11) is 1.76. The molecule has 1 aromatic rings. The van der Waals surface area contributed by atoms with Gasteiger partial charge in [-0.1, -0.05) is 52.5 Å². The molecule has 0 saturated carbocycles. The predicted octanol–water partition coefficient (Wildman–Crippen LogP) is 3.95. The molecular formula is C15H25NO. The molecule has 0 atom stereocenters. The number of aromatic nitrogens is 1. The molecule has 1 aromatic heterocycles. The monoisotopic (exact) mass is 235 g/mol. The van der Waals surface area contributed by atoms with Crippen molar-refractivity contribution >= 4 is 6.08 Å². The average molecular weight is 235 g/mol. The number of pyridine rings is 1. The van der Waals surface area contributed by atoms with Gasteiger partial charge in [-0.3, -0.25) is 4.79 Å². The van der Waals surface area contributed by atoms with E-state index in [4.69, 9.17) is 0 Å². The van der Waals surface area contributed by atoms with Crippen LogP contribution in [0.1, 0.15) is 39.0 Å². The Morgan fingerprint density at radius 2 is 1.71 bits per heavy atom. The average Bonchev–Trinajstić information content (AvgIpc) is 2.39. The zero-order valence-electron chi connectivity index (χ0n) is 11.9. The number of hydrogen-bond donors (Lipinski definition) is 0. The van der Waals surface area contributed by atoms with E-state index in [1.54, 1.807) is 23.8 Å². The Morgan fingerprint density at radius 3 is 2.18 bits per heavy atom. The zero-order chi connectivity index (χ0) is 13.8. The SMILES string of the molecule is C=C/C=C\c1c(C)ccc(=O)n1C.CC.CC. The summed E-state index contributed by atoms with van der Waals surface area (Å²) in [5, 5.41) is 0. The summed E-state index contributed by atoms with van der Waals surface area (Å²) in [4.78, 5) is 11.3. The molecule has 0 bridgehead atoms. The molecule has 0 amide bonds. The lowest BCUT2D eigenvalue weighted by atomic mass is 10.2. The van der Waals surface area contributed by atoms with Crippen LogP contribution >= 0.6 is 0 Å². The van der Waals surface area contributed by atoms with Gasteiger partial charge in [-0.15, -0.1) is 0 Å². The van der Waals surface area contributed by atoms with Gasteiger partial charge in [0.15, 0.2) is 0 Å². The lowest BCUT2D eigenvalue weighted by molar-refractivity contribution is 0.839. The van der Waals surface area contributed by atoms with Crippen LogP contribution in [-0.4, -0.2) is 4.57 Å². The summed E-state index contributed by atoms with van der Waals surface area (Å²) < 4.78 is 1.62. The maximum absolute atomic E-state index is 11.3. The van der Waals surface area contributed by atoms with Gasteiger partial charge in [0.05, 0.1) is 0 Å². The Kier molecular flexibility index (Phi) is 11.5. The first-order valence-electron chi connectivity index (χ1n) is 6.12. The first-order valence-corrected chi connectivity index (χ1v) is 6.12. The third-order valence-electron chi connectivity index (χ3n) is 1.96. The van der Waals surface area contributed by atoms with Crippen molar-refractivity contribution in [2.45, 2.75) is 34.6 Å². The maximum Gasteiger partial charge on any atom is 0.250 e. The van der Waals surface area contributed by atoms with E-state index in [-0.39, 0.29) is 5.56 Å². The minimum absolute atomic E-state index is 0.00862. The summed E-state index contributed by atoms with van der Waals surface area (Å²) in [5.41, 5.74) is 2.02. The number of nitrogens with zero attached hydrogens (tertiary/aromatic N) is 1. The van der Waals surface area contributed by atoms with Gasteiger partial charge in [0, 0.05) is 18.8 Å². The van der Waals surface area contributed by atoms with Crippen molar-refractivity contribution in [2.24, 2.45) is 7.05 Å². The minimum Gasteiger partial charge on any atom is -0.312 e. The number of aryl methyl sites for hydroxylation is 1. The van der Waals surface area contributed by atoms with Crippen LogP contribution in [-0.2, 0) is 7.05 Å². The highest BCUT2D eigenvalue weighted by atomic mass is 16.1. The Hall–Kier alpha value is -1.57. The molecule has 2 heteroatoms. The Balaban J connectivity index is 0. The van der Waals surface area contributed by atoms with E-state index in [0.29, 0.717) is 0 Å². The van der Waals surface area contributed by atoms with E-state index >= 15 is 0 Å². The molecule has 0 unspecified atom stereocenters. The quantitative estimate of drug-likeness (QED) is 0.711. The summed E-state index contributed by atoms with van der Waals surface area (Å²) >= 11 is 0. The lowest BCUT2D eigenvalue weighted by Gasteiger charge is -2.05. The fourth-order valence-electron chi connectivity index (χ4n) is 1.18. The number of allylic oxidation sites excluding steroid dienone is 2. The molecule has 0 radical (unpaired) electrons. The van der Waals surface area contributed by atoms with Gasteiger partial charge in [-0.25, -0.2) is 0 Å². The van der Waals surface area contributed by atoms with E-state index in [9.17, 15) is 4.79 Å². The molecule has 17 heavy (non-hydrogen) atoms. The summed E-state index contributed by atoms with van der Waals surface area (Å²) in [6.07, 6.45) is 5.39. The van der Waals surface area contributed by atoms with E-state index < -0.39 is 0 Å². The van der Waals surface area contributed by atoms with Crippen molar-refractivity contribution in [1.82, 2.24) is 4.57 Å². The standard InChI is InChI=1S/C11H13NO.2C2H6/c1-4-5-6-10-9(2)7-8-11(13)12(10)3;2*1-2/h4-8H,1H2,2-3H3;2*1-2H3/b6-5-;;. The number of hydrogen-bond acceptors (Lipinski definition) is 1. The highest BCUT2D eigenvalue weighted by Crippen LogP contribution is 2.05. The van der Waals surface area contributed by atoms with Crippen molar-refractivity contribution in [3.63, 3.8) is 0 Å². The molecule has 1 heterocycles. The van der Waals surface area contributed by atoms with Crippen LogP contribution < -0.4 is 5.56 Å². The summed E-state index contributed by atoms with van der Waals surface area (Å²) in [6, 6.07) is 3.39. The first kappa shape index (κ1) is 17.8. The number of rotatable bonds is 2. The molecule has 0 aliphatic carbocycles. The molecule has 0 aliphatic heterocycles. The lowest BCUT2D eigenvalue weighted by Crippen LogP contribution is -2.18.